The summed E-state index contributed by atoms with van der Waals surface area (Å²) in [5.41, 5.74) is 3.99. The van der Waals surface area contributed by atoms with Crippen LogP contribution in [0.4, 0.5) is 0 Å². The van der Waals surface area contributed by atoms with Crippen molar-refractivity contribution in [1.82, 2.24) is 0 Å². The molecule has 0 saturated heterocycles. The average molecular weight is 326 g/mol. The van der Waals surface area contributed by atoms with E-state index in [0.717, 1.165) is 13.0 Å². The van der Waals surface area contributed by atoms with Gasteiger partial charge in [0.25, 0.3) is 0 Å². The molecule has 130 valence electrons. The van der Waals surface area contributed by atoms with E-state index in [1.165, 1.54) is 16.7 Å². The Balaban J connectivity index is 1.65. The van der Waals surface area contributed by atoms with Crippen LogP contribution < -0.4 is 0 Å². The Kier molecular flexibility index (Phi) is 7.01. The quantitative estimate of drug-likeness (QED) is 0.597. The monoisotopic (exact) mass is 326 g/mol. The van der Waals surface area contributed by atoms with E-state index >= 15 is 0 Å². The van der Waals surface area contributed by atoms with Gasteiger partial charge in [0.2, 0.25) is 0 Å². The maximum absolute atomic E-state index is 5.93. The summed E-state index contributed by atoms with van der Waals surface area (Å²) in [6.45, 7) is 10.8. The molecular weight excluding hydrogens is 296 g/mol. The molecular formula is C22H30O2. The van der Waals surface area contributed by atoms with Crippen molar-refractivity contribution in [2.45, 2.75) is 58.8 Å². The Morgan fingerprint density at radius 2 is 1.46 bits per heavy atom. The van der Waals surface area contributed by atoms with Crippen molar-refractivity contribution in [2.24, 2.45) is 0 Å². The molecule has 0 aliphatic rings. The molecule has 2 aromatic carbocycles. The zero-order chi connectivity index (χ0) is 17.4. The number of ether oxygens (including phenoxy) is 2. The second-order valence-electron chi connectivity index (χ2n) is 7.40. The van der Waals surface area contributed by atoms with Gasteiger partial charge in [0.05, 0.1) is 19.3 Å². The second kappa shape index (κ2) is 9.00. The molecule has 2 nitrogen and oxygen atoms in total. The van der Waals surface area contributed by atoms with E-state index in [9.17, 15) is 0 Å². The predicted octanol–water partition coefficient (Wildman–Crippen LogP) is 5.50. The number of benzene rings is 2. The van der Waals surface area contributed by atoms with E-state index in [2.05, 4.69) is 64.1 Å². The Bertz CT molecular complexity index is 582. The molecule has 0 aliphatic carbocycles. The molecule has 0 aliphatic heterocycles. The first-order chi connectivity index (χ1) is 11.4. The van der Waals surface area contributed by atoms with Crippen molar-refractivity contribution in [3.8, 4) is 0 Å². The molecule has 1 atom stereocenters. The molecule has 2 rings (SSSR count). The Morgan fingerprint density at radius 1 is 0.833 bits per heavy atom. The van der Waals surface area contributed by atoms with Crippen molar-refractivity contribution in [3.63, 3.8) is 0 Å². The van der Waals surface area contributed by atoms with Crippen LogP contribution in [0.3, 0.4) is 0 Å². The number of hydrogen-bond donors (Lipinski definition) is 0. The van der Waals surface area contributed by atoms with E-state index in [1.54, 1.807) is 0 Å². The largest absolute Gasteiger partial charge is 0.377 e. The van der Waals surface area contributed by atoms with Gasteiger partial charge in [0, 0.05) is 6.61 Å². The van der Waals surface area contributed by atoms with E-state index in [1.807, 2.05) is 18.2 Å². The first-order valence-electron chi connectivity index (χ1n) is 8.78. The average Bonchev–Trinajstić information content (AvgIpc) is 2.57. The van der Waals surface area contributed by atoms with Crippen LogP contribution in [0.15, 0.2) is 54.6 Å². The number of rotatable bonds is 8. The van der Waals surface area contributed by atoms with Gasteiger partial charge in [-0.25, -0.2) is 0 Å². The van der Waals surface area contributed by atoms with E-state index < -0.39 is 0 Å². The standard InChI is InChI=1S/C22H30O2/c1-18(14-15-23-16-19-8-6-5-7-9-19)24-17-20-10-12-21(13-11-20)22(2,3)4/h5-13,18H,14-17H2,1-4H3. The van der Waals surface area contributed by atoms with Crippen LogP contribution in [0.25, 0.3) is 0 Å². The first kappa shape index (κ1) is 18.7. The summed E-state index contributed by atoms with van der Waals surface area (Å²) < 4.78 is 11.6. The normalized spacial score (nSPS) is 13.0. The van der Waals surface area contributed by atoms with Gasteiger partial charge in [-0.15, -0.1) is 0 Å². The van der Waals surface area contributed by atoms with Crippen molar-refractivity contribution in [2.75, 3.05) is 6.61 Å². The van der Waals surface area contributed by atoms with Crippen LogP contribution in [-0.2, 0) is 28.1 Å². The highest BCUT2D eigenvalue weighted by Gasteiger charge is 2.13. The fraction of sp³-hybridized carbons (Fsp3) is 0.455. The molecule has 0 amide bonds. The minimum atomic E-state index is 0.197. The summed E-state index contributed by atoms with van der Waals surface area (Å²) in [6, 6.07) is 19.0. The molecule has 0 saturated carbocycles. The summed E-state index contributed by atoms with van der Waals surface area (Å²) in [5.74, 6) is 0. The van der Waals surface area contributed by atoms with Crippen LogP contribution >= 0.6 is 0 Å². The Morgan fingerprint density at radius 3 is 2.08 bits per heavy atom. The maximum Gasteiger partial charge on any atom is 0.0720 e. The lowest BCUT2D eigenvalue weighted by Gasteiger charge is -2.19. The lowest BCUT2D eigenvalue weighted by molar-refractivity contribution is 0.0189. The Labute approximate surface area is 146 Å². The van der Waals surface area contributed by atoms with Crippen molar-refractivity contribution >= 4 is 0 Å². The van der Waals surface area contributed by atoms with Gasteiger partial charge in [0.15, 0.2) is 0 Å². The molecule has 24 heavy (non-hydrogen) atoms. The molecule has 1 unspecified atom stereocenters. The van der Waals surface area contributed by atoms with Crippen LogP contribution in [-0.4, -0.2) is 12.7 Å². The smallest absolute Gasteiger partial charge is 0.0720 e. The van der Waals surface area contributed by atoms with Gasteiger partial charge in [-0.1, -0.05) is 75.4 Å². The zero-order valence-corrected chi connectivity index (χ0v) is 15.4. The van der Waals surface area contributed by atoms with Gasteiger partial charge in [-0.05, 0) is 35.4 Å². The third kappa shape index (κ3) is 6.46. The lowest BCUT2D eigenvalue weighted by Crippen LogP contribution is -2.12. The fourth-order valence-corrected chi connectivity index (χ4v) is 2.44. The summed E-state index contributed by atoms with van der Waals surface area (Å²) in [4.78, 5) is 0. The highest BCUT2D eigenvalue weighted by molar-refractivity contribution is 5.27. The fourth-order valence-electron chi connectivity index (χ4n) is 2.44. The second-order valence-corrected chi connectivity index (χ2v) is 7.40. The van der Waals surface area contributed by atoms with E-state index in [0.29, 0.717) is 13.2 Å². The van der Waals surface area contributed by atoms with Gasteiger partial charge < -0.3 is 9.47 Å². The maximum atomic E-state index is 5.93. The zero-order valence-electron chi connectivity index (χ0n) is 15.4. The molecule has 0 fully saturated rings. The molecule has 2 heteroatoms. The van der Waals surface area contributed by atoms with Gasteiger partial charge in [-0.3, -0.25) is 0 Å². The first-order valence-corrected chi connectivity index (χ1v) is 8.78. The van der Waals surface area contributed by atoms with Gasteiger partial charge >= 0.3 is 0 Å². The third-order valence-electron chi connectivity index (χ3n) is 4.13. The summed E-state index contributed by atoms with van der Waals surface area (Å²) in [6.07, 6.45) is 1.11. The minimum absolute atomic E-state index is 0.197. The van der Waals surface area contributed by atoms with Crippen LogP contribution in [0.2, 0.25) is 0 Å². The molecule has 0 aromatic heterocycles. The molecule has 0 N–H and O–H groups in total. The van der Waals surface area contributed by atoms with Crippen molar-refractivity contribution in [1.29, 1.82) is 0 Å². The molecule has 0 bridgehead atoms. The van der Waals surface area contributed by atoms with Crippen LogP contribution in [0.5, 0.6) is 0 Å². The SMILES string of the molecule is CC(CCOCc1ccccc1)OCc1ccc(C(C)(C)C)cc1. The molecule has 0 radical (unpaired) electrons. The lowest BCUT2D eigenvalue weighted by atomic mass is 9.87. The molecule has 0 heterocycles. The predicted molar refractivity (Wildman–Crippen MR) is 100 cm³/mol. The molecule has 2 aromatic rings. The van der Waals surface area contributed by atoms with Gasteiger partial charge in [-0.2, -0.15) is 0 Å². The number of hydrogen-bond acceptors (Lipinski definition) is 2. The summed E-state index contributed by atoms with van der Waals surface area (Å²) in [7, 11) is 0. The van der Waals surface area contributed by atoms with Crippen LogP contribution in [0, 0.1) is 0 Å². The van der Waals surface area contributed by atoms with Gasteiger partial charge in [0.1, 0.15) is 0 Å². The Hall–Kier alpha value is -1.64. The van der Waals surface area contributed by atoms with Crippen molar-refractivity contribution < 1.29 is 9.47 Å². The van der Waals surface area contributed by atoms with E-state index in [-0.39, 0.29) is 11.5 Å². The third-order valence-corrected chi connectivity index (χ3v) is 4.13. The topological polar surface area (TPSA) is 18.5 Å². The molecule has 0 spiro atoms. The van der Waals surface area contributed by atoms with Crippen LogP contribution in [0.1, 0.15) is 50.8 Å². The summed E-state index contributed by atoms with van der Waals surface area (Å²) in [5, 5.41) is 0. The highest BCUT2D eigenvalue weighted by atomic mass is 16.5. The minimum Gasteiger partial charge on any atom is -0.377 e. The van der Waals surface area contributed by atoms with Crippen molar-refractivity contribution in [3.05, 3.63) is 71.3 Å². The summed E-state index contributed by atoms with van der Waals surface area (Å²) >= 11 is 0. The highest BCUT2D eigenvalue weighted by Crippen LogP contribution is 2.22. The van der Waals surface area contributed by atoms with E-state index in [4.69, 9.17) is 9.47 Å².